The van der Waals surface area contributed by atoms with E-state index in [1.54, 1.807) is 0 Å². The van der Waals surface area contributed by atoms with Gasteiger partial charge in [-0.2, -0.15) is 0 Å². The number of carboxylic acids is 1. The lowest BCUT2D eigenvalue weighted by Crippen LogP contribution is -2.24. The number of aliphatic imine (C=N–C) groups is 1. The average molecular weight is 157 g/mol. The molecule has 5 nitrogen and oxygen atoms in total. The fourth-order valence-electron chi connectivity index (χ4n) is 0.592. The predicted molar refractivity (Wildman–Crippen MR) is 42.1 cm³/mol. The Balaban J connectivity index is 4.95. The second-order valence-corrected chi connectivity index (χ2v) is 1.97. The molecular weight excluding hydrogens is 146 g/mol. The topological polar surface area (TPSA) is 102 Å². The molecule has 5 heteroatoms. The van der Waals surface area contributed by atoms with E-state index in [9.17, 15) is 4.79 Å². The van der Waals surface area contributed by atoms with E-state index in [1.165, 1.54) is 14.0 Å². The number of hydrogen-bond acceptors (Lipinski definition) is 3. The van der Waals surface area contributed by atoms with E-state index in [1.807, 2.05) is 0 Å². The minimum atomic E-state index is -1.16. The third-order valence-electron chi connectivity index (χ3n) is 1.11. The van der Waals surface area contributed by atoms with Gasteiger partial charge in [0.15, 0.2) is 0 Å². The molecule has 11 heavy (non-hydrogen) atoms. The van der Waals surface area contributed by atoms with Crippen LogP contribution in [0.25, 0.3) is 0 Å². The van der Waals surface area contributed by atoms with Crippen molar-refractivity contribution >= 4 is 11.8 Å². The van der Waals surface area contributed by atoms with Crippen molar-refractivity contribution in [1.82, 2.24) is 0 Å². The maximum atomic E-state index is 10.4. The monoisotopic (exact) mass is 157 g/mol. The minimum absolute atomic E-state index is 0.0579. The molecule has 0 aromatic carbocycles. The van der Waals surface area contributed by atoms with Crippen LogP contribution in [0.4, 0.5) is 0 Å². The van der Waals surface area contributed by atoms with Gasteiger partial charge in [0.1, 0.15) is 11.4 Å². The zero-order valence-corrected chi connectivity index (χ0v) is 6.46. The second kappa shape index (κ2) is 3.60. The van der Waals surface area contributed by atoms with Crippen molar-refractivity contribution in [1.29, 1.82) is 0 Å². The highest BCUT2D eigenvalue weighted by Crippen LogP contribution is 1.98. The van der Waals surface area contributed by atoms with E-state index in [2.05, 4.69) is 4.99 Å². The van der Waals surface area contributed by atoms with E-state index in [-0.39, 0.29) is 17.1 Å². The Labute approximate surface area is 64.4 Å². The number of rotatable bonds is 2. The van der Waals surface area contributed by atoms with Crippen LogP contribution in [0.5, 0.6) is 0 Å². The molecule has 0 saturated heterocycles. The van der Waals surface area contributed by atoms with Gasteiger partial charge < -0.3 is 16.6 Å². The first-order valence-electron chi connectivity index (χ1n) is 2.93. The Hall–Kier alpha value is -1.52. The summed E-state index contributed by atoms with van der Waals surface area (Å²) in [5.74, 6) is -1.22. The Morgan fingerprint density at radius 2 is 1.91 bits per heavy atom. The fourth-order valence-corrected chi connectivity index (χ4v) is 0.592. The van der Waals surface area contributed by atoms with Crippen LogP contribution in [0.2, 0.25) is 0 Å². The fraction of sp³-hybridized carbons (Fsp3) is 0.333. The lowest BCUT2D eigenvalue weighted by atomic mass is 10.2. The summed E-state index contributed by atoms with van der Waals surface area (Å²) in [6, 6.07) is 0. The van der Waals surface area contributed by atoms with Gasteiger partial charge in [-0.05, 0) is 6.92 Å². The largest absolute Gasteiger partial charge is 0.477 e. The minimum Gasteiger partial charge on any atom is -0.477 e. The molecule has 0 atom stereocenters. The summed E-state index contributed by atoms with van der Waals surface area (Å²) in [4.78, 5) is 13.9. The number of aliphatic carboxylic acids is 1. The molecule has 62 valence electrons. The number of carboxylic acid groups (broad SMARTS) is 1. The molecule has 0 aliphatic rings. The summed E-state index contributed by atoms with van der Waals surface area (Å²) in [6.45, 7) is 1.46. The number of allylic oxidation sites excluding steroid dienone is 1. The van der Waals surface area contributed by atoms with Gasteiger partial charge in [-0.3, -0.25) is 4.99 Å². The van der Waals surface area contributed by atoms with E-state index >= 15 is 0 Å². The highest BCUT2D eigenvalue weighted by atomic mass is 16.4. The van der Waals surface area contributed by atoms with Crippen LogP contribution in [-0.4, -0.2) is 24.0 Å². The summed E-state index contributed by atoms with van der Waals surface area (Å²) in [5, 5.41) is 8.55. The van der Waals surface area contributed by atoms with E-state index in [0.717, 1.165) is 0 Å². The third-order valence-corrected chi connectivity index (χ3v) is 1.11. The molecule has 0 radical (unpaired) electrons. The number of nitrogens with zero attached hydrogens (tertiary/aromatic N) is 1. The molecule has 0 unspecified atom stereocenters. The van der Waals surface area contributed by atoms with Crippen molar-refractivity contribution < 1.29 is 9.90 Å². The first-order chi connectivity index (χ1) is 5.00. The number of nitrogens with two attached hydrogens (primary N) is 2. The predicted octanol–water partition coefficient (Wildman–Crippen LogP) is -0.709. The number of carbonyl (C=O) groups is 1. The molecule has 0 aliphatic carbocycles. The van der Waals surface area contributed by atoms with E-state index < -0.39 is 5.97 Å². The van der Waals surface area contributed by atoms with Gasteiger partial charge in [0, 0.05) is 12.7 Å². The Morgan fingerprint density at radius 3 is 2.00 bits per heavy atom. The molecule has 0 aliphatic heterocycles. The van der Waals surface area contributed by atoms with Crippen LogP contribution in [0.3, 0.4) is 0 Å². The van der Waals surface area contributed by atoms with Crippen molar-refractivity contribution in [2.45, 2.75) is 6.92 Å². The van der Waals surface area contributed by atoms with E-state index in [0.29, 0.717) is 0 Å². The zero-order valence-electron chi connectivity index (χ0n) is 6.46. The molecule has 0 heterocycles. The second-order valence-electron chi connectivity index (χ2n) is 1.97. The van der Waals surface area contributed by atoms with Crippen molar-refractivity contribution in [2.75, 3.05) is 7.05 Å². The SMILES string of the molecule is CN=C(N)C(C(=O)O)=C(C)N. The first kappa shape index (κ1) is 9.48. The van der Waals surface area contributed by atoms with Crippen molar-refractivity contribution in [3.63, 3.8) is 0 Å². The third kappa shape index (κ3) is 2.29. The molecular formula is C6H11N3O2. The van der Waals surface area contributed by atoms with Gasteiger partial charge >= 0.3 is 5.97 Å². The Bertz CT molecular complexity index is 226. The Morgan fingerprint density at radius 1 is 1.45 bits per heavy atom. The molecule has 0 saturated carbocycles. The van der Waals surface area contributed by atoms with Crippen LogP contribution < -0.4 is 11.5 Å². The van der Waals surface area contributed by atoms with Gasteiger partial charge in [0.25, 0.3) is 0 Å². The van der Waals surface area contributed by atoms with Gasteiger partial charge in [-0.15, -0.1) is 0 Å². The maximum Gasteiger partial charge on any atom is 0.341 e. The number of amidine groups is 1. The summed E-state index contributed by atoms with van der Waals surface area (Å²) < 4.78 is 0. The first-order valence-corrected chi connectivity index (χ1v) is 2.93. The van der Waals surface area contributed by atoms with Crippen molar-refractivity contribution in [2.24, 2.45) is 16.5 Å². The molecule has 0 aromatic rings. The summed E-state index contributed by atoms with van der Waals surface area (Å²) in [6.07, 6.45) is 0. The average Bonchev–Trinajstić information content (AvgIpc) is 1.85. The highest BCUT2D eigenvalue weighted by molar-refractivity contribution is 6.17. The maximum absolute atomic E-state index is 10.4. The van der Waals surface area contributed by atoms with Crippen LogP contribution >= 0.6 is 0 Å². The molecule has 0 rings (SSSR count). The normalized spacial score (nSPS) is 14.2. The lowest BCUT2D eigenvalue weighted by molar-refractivity contribution is -0.132. The van der Waals surface area contributed by atoms with Crippen LogP contribution in [0.15, 0.2) is 16.3 Å². The lowest BCUT2D eigenvalue weighted by Gasteiger charge is -2.01. The molecule has 0 fully saturated rings. The standard InChI is InChI=1S/C6H11N3O2/c1-3(7)4(6(10)11)5(8)9-2/h7H2,1-2H3,(H2,8,9)(H,10,11). The van der Waals surface area contributed by atoms with Crippen LogP contribution in [-0.2, 0) is 4.79 Å². The summed E-state index contributed by atoms with van der Waals surface area (Å²) >= 11 is 0. The smallest absolute Gasteiger partial charge is 0.341 e. The van der Waals surface area contributed by atoms with Crippen molar-refractivity contribution in [3.8, 4) is 0 Å². The van der Waals surface area contributed by atoms with Gasteiger partial charge in [-0.25, -0.2) is 4.79 Å². The number of hydrogen-bond donors (Lipinski definition) is 3. The highest BCUT2D eigenvalue weighted by Gasteiger charge is 2.13. The molecule has 5 N–H and O–H groups in total. The molecule has 0 aromatic heterocycles. The van der Waals surface area contributed by atoms with Crippen molar-refractivity contribution in [3.05, 3.63) is 11.3 Å². The van der Waals surface area contributed by atoms with Gasteiger partial charge in [0.2, 0.25) is 0 Å². The van der Waals surface area contributed by atoms with Gasteiger partial charge in [-0.1, -0.05) is 0 Å². The Kier molecular flexibility index (Phi) is 3.10. The van der Waals surface area contributed by atoms with E-state index in [4.69, 9.17) is 16.6 Å². The molecule has 0 spiro atoms. The summed E-state index contributed by atoms with van der Waals surface area (Å²) in [5.41, 5.74) is 10.5. The quantitative estimate of drug-likeness (QED) is 0.280. The van der Waals surface area contributed by atoms with Crippen LogP contribution in [0, 0.1) is 0 Å². The van der Waals surface area contributed by atoms with Crippen LogP contribution in [0.1, 0.15) is 6.92 Å². The summed E-state index contributed by atoms with van der Waals surface area (Å²) in [7, 11) is 1.40. The molecule has 0 bridgehead atoms. The molecule has 0 amide bonds. The van der Waals surface area contributed by atoms with Gasteiger partial charge in [0.05, 0.1) is 0 Å². The zero-order chi connectivity index (χ0) is 9.02.